The van der Waals surface area contributed by atoms with Crippen molar-refractivity contribution < 1.29 is 39.5 Å². The van der Waals surface area contributed by atoms with E-state index < -0.39 is 41.6 Å². The molecule has 2 aliphatic rings. The largest absolute Gasteiger partial charge is 0.419 e. The lowest BCUT2D eigenvalue weighted by Crippen LogP contribution is -2.35. The van der Waals surface area contributed by atoms with Gasteiger partial charge in [0.2, 0.25) is 0 Å². The second-order valence-corrected chi connectivity index (χ2v) is 8.73. The van der Waals surface area contributed by atoms with Crippen LogP contribution < -0.4 is 10.2 Å². The average molecular weight is 564 g/mol. The molecule has 2 heterocycles. The van der Waals surface area contributed by atoms with Crippen molar-refractivity contribution in [2.24, 2.45) is 0 Å². The second-order valence-electron chi connectivity index (χ2n) is 8.73. The number of benzene rings is 2. The molecule has 0 atom stereocenters. The molecule has 0 aromatic heterocycles. The molecule has 212 valence electrons. The topological polar surface area (TPSA) is 62.9 Å². The lowest BCUT2D eigenvalue weighted by Gasteiger charge is -2.32. The minimum absolute atomic E-state index is 0.0263. The summed E-state index contributed by atoms with van der Waals surface area (Å²) < 4.78 is 113. The van der Waals surface area contributed by atoms with E-state index in [9.17, 15) is 39.5 Å². The molecule has 0 unspecified atom stereocenters. The van der Waals surface area contributed by atoms with Crippen LogP contribution in [-0.2, 0) is 12.4 Å². The van der Waals surface area contributed by atoms with E-state index in [2.05, 4.69) is 5.32 Å². The van der Waals surface area contributed by atoms with Crippen LogP contribution in [0, 0.1) is 28.5 Å². The van der Waals surface area contributed by atoms with Crippen LogP contribution in [-0.4, -0.2) is 38.5 Å². The highest BCUT2D eigenvalue weighted by molar-refractivity contribution is 5.58. The van der Waals surface area contributed by atoms with Crippen LogP contribution in [0.5, 0.6) is 0 Å². The molecule has 0 saturated carbocycles. The highest BCUT2D eigenvalue weighted by atomic mass is 19.4. The van der Waals surface area contributed by atoms with Crippen molar-refractivity contribution in [1.29, 1.82) is 10.5 Å². The Hall–Kier alpha value is -3.45. The van der Waals surface area contributed by atoms with E-state index in [0.29, 0.717) is 25.0 Å². The van der Waals surface area contributed by atoms with Crippen molar-refractivity contribution in [3.05, 3.63) is 64.5 Å². The molecule has 4 nitrogen and oxygen atoms in total. The minimum atomic E-state index is -4.75. The van der Waals surface area contributed by atoms with Gasteiger partial charge in [0.25, 0.3) is 0 Å². The van der Waals surface area contributed by atoms with Crippen LogP contribution in [0.3, 0.4) is 0 Å². The molecule has 4 rings (SSSR count). The van der Waals surface area contributed by atoms with Crippen molar-refractivity contribution in [2.75, 3.05) is 31.1 Å². The van der Waals surface area contributed by atoms with Crippen molar-refractivity contribution >= 4 is 5.69 Å². The summed E-state index contributed by atoms with van der Waals surface area (Å²) in [5.74, 6) is -1.37. The Kier molecular flexibility index (Phi) is 11.5. The predicted molar refractivity (Wildman–Crippen MR) is 126 cm³/mol. The van der Waals surface area contributed by atoms with Crippen molar-refractivity contribution in [3.8, 4) is 12.1 Å². The van der Waals surface area contributed by atoms with Gasteiger partial charge in [-0.05, 0) is 75.2 Å². The first kappa shape index (κ1) is 31.8. The third-order valence-electron chi connectivity index (χ3n) is 5.87. The molecular weight excluding hydrogens is 539 g/mol. The van der Waals surface area contributed by atoms with E-state index >= 15 is 0 Å². The van der Waals surface area contributed by atoms with Crippen LogP contribution in [0.25, 0.3) is 0 Å². The standard InChI is InChI=1S/C13H12F4N2.C8H3F4N.C5H10FN/c14-10-3-5-19(6-4-10)12-2-1-9(8-18)7-11(12)13(15,16)17;9-7-2-1-5(4-13)3-6(7)8(10,11)12;6-5-1-3-7-4-2-5/h1-2,7,10H,3-6H2;1-3H;5,7H,1-4H2. The molecule has 13 heteroatoms. The van der Waals surface area contributed by atoms with Gasteiger partial charge in [0.05, 0.1) is 34.4 Å². The fourth-order valence-corrected chi connectivity index (χ4v) is 3.80. The summed E-state index contributed by atoms with van der Waals surface area (Å²) in [5, 5.41) is 20.0. The molecule has 2 aromatic rings. The monoisotopic (exact) mass is 564 g/mol. The van der Waals surface area contributed by atoms with Crippen LogP contribution in [0.2, 0.25) is 0 Å². The molecule has 2 aromatic carbocycles. The maximum atomic E-state index is 13.0. The zero-order valence-corrected chi connectivity index (χ0v) is 20.5. The normalized spacial score (nSPS) is 16.6. The first-order valence-electron chi connectivity index (χ1n) is 11.9. The Balaban J connectivity index is 0.000000229. The van der Waals surface area contributed by atoms with Crippen molar-refractivity contribution in [1.82, 2.24) is 5.32 Å². The number of hydrogen-bond acceptors (Lipinski definition) is 4. The van der Waals surface area contributed by atoms with Gasteiger partial charge in [-0.15, -0.1) is 0 Å². The second kappa shape index (κ2) is 14.1. The van der Waals surface area contributed by atoms with E-state index in [1.807, 2.05) is 0 Å². The van der Waals surface area contributed by atoms with Crippen LogP contribution in [0.1, 0.15) is 47.9 Å². The third-order valence-corrected chi connectivity index (χ3v) is 5.87. The van der Waals surface area contributed by atoms with Gasteiger partial charge in [0, 0.05) is 18.8 Å². The molecule has 0 aliphatic carbocycles. The van der Waals surface area contributed by atoms with Gasteiger partial charge in [-0.25, -0.2) is 13.2 Å². The van der Waals surface area contributed by atoms with E-state index in [4.69, 9.17) is 10.5 Å². The first-order valence-corrected chi connectivity index (χ1v) is 11.9. The summed E-state index contributed by atoms with van der Waals surface area (Å²) in [6.07, 6.45) is -8.86. The van der Waals surface area contributed by atoms with Gasteiger partial charge >= 0.3 is 12.4 Å². The molecule has 0 amide bonds. The molecule has 2 saturated heterocycles. The number of nitrogens with zero attached hydrogens (tertiary/aromatic N) is 3. The number of anilines is 1. The Bertz CT molecular complexity index is 1150. The van der Waals surface area contributed by atoms with Gasteiger partial charge in [-0.3, -0.25) is 0 Å². The smallest absolute Gasteiger partial charge is 0.371 e. The van der Waals surface area contributed by atoms with Gasteiger partial charge in [0.1, 0.15) is 18.2 Å². The predicted octanol–water partition coefficient (Wildman–Crippen LogP) is 6.94. The Morgan fingerprint density at radius 3 is 1.62 bits per heavy atom. The summed E-state index contributed by atoms with van der Waals surface area (Å²) in [6.45, 7) is 2.24. The van der Waals surface area contributed by atoms with Crippen molar-refractivity contribution in [3.63, 3.8) is 0 Å². The van der Waals surface area contributed by atoms with Crippen LogP contribution in [0.4, 0.5) is 45.2 Å². The molecular formula is C26H25F9N4. The van der Waals surface area contributed by atoms with Gasteiger partial charge in [-0.1, -0.05) is 0 Å². The highest BCUT2D eigenvalue weighted by Crippen LogP contribution is 2.38. The number of alkyl halides is 8. The van der Waals surface area contributed by atoms with Crippen LogP contribution >= 0.6 is 0 Å². The number of nitrogens with one attached hydrogen (secondary N) is 1. The zero-order valence-electron chi connectivity index (χ0n) is 20.5. The lowest BCUT2D eigenvalue weighted by atomic mass is 10.0. The van der Waals surface area contributed by atoms with Crippen LogP contribution in [0.15, 0.2) is 36.4 Å². The average Bonchev–Trinajstić information content (AvgIpc) is 2.89. The fraction of sp³-hybridized carbons (Fsp3) is 0.462. The van der Waals surface area contributed by atoms with Gasteiger partial charge < -0.3 is 10.2 Å². The van der Waals surface area contributed by atoms with E-state index in [-0.39, 0.29) is 42.7 Å². The zero-order chi connectivity index (χ0) is 29.2. The first-order chi connectivity index (χ1) is 18.3. The number of rotatable bonds is 1. The molecule has 2 aliphatic heterocycles. The summed E-state index contributed by atoms with van der Waals surface area (Å²) >= 11 is 0. The maximum absolute atomic E-state index is 13.0. The van der Waals surface area contributed by atoms with E-state index in [0.717, 1.165) is 25.2 Å². The quantitative estimate of drug-likeness (QED) is 0.382. The summed E-state index contributed by atoms with van der Waals surface area (Å²) in [5.41, 5.74) is -2.46. The number of halogens is 9. The Morgan fingerprint density at radius 2 is 1.18 bits per heavy atom. The third kappa shape index (κ3) is 9.98. The molecule has 39 heavy (non-hydrogen) atoms. The Labute approximate surface area is 219 Å². The molecule has 0 bridgehead atoms. The highest BCUT2D eigenvalue weighted by Gasteiger charge is 2.36. The van der Waals surface area contributed by atoms with E-state index in [1.165, 1.54) is 23.1 Å². The van der Waals surface area contributed by atoms with Gasteiger partial charge in [0.15, 0.2) is 0 Å². The number of hydrogen-bond donors (Lipinski definition) is 1. The Morgan fingerprint density at radius 1 is 0.718 bits per heavy atom. The summed E-state index contributed by atoms with van der Waals surface area (Å²) in [7, 11) is 0. The molecule has 2 fully saturated rings. The van der Waals surface area contributed by atoms with Gasteiger partial charge in [-0.2, -0.15) is 36.9 Å². The molecule has 1 N–H and O–H groups in total. The molecule has 0 spiro atoms. The maximum Gasteiger partial charge on any atom is 0.419 e. The summed E-state index contributed by atoms with van der Waals surface area (Å²) in [6, 6.07) is 8.79. The van der Waals surface area contributed by atoms with E-state index in [1.54, 1.807) is 6.07 Å². The SMILES string of the molecule is FC1CCNCC1.N#Cc1ccc(F)c(C(F)(F)F)c1.N#Cc1ccc(N2CCC(F)CC2)c(C(F)(F)F)c1. The molecule has 0 radical (unpaired) electrons. The summed E-state index contributed by atoms with van der Waals surface area (Å²) in [4.78, 5) is 1.53. The minimum Gasteiger partial charge on any atom is -0.371 e. The fourth-order valence-electron chi connectivity index (χ4n) is 3.80. The number of nitriles is 2. The van der Waals surface area contributed by atoms with Crippen molar-refractivity contribution in [2.45, 2.75) is 50.4 Å². The lowest BCUT2D eigenvalue weighted by molar-refractivity contribution is -0.140. The number of piperidine rings is 2.